The number of hydrogen-bond acceptors (Lipinski definition) is 4. The van der Waals surface area contributed by atoms with Crippen molar-refractivity contribution < 1.29 is 14.6 Å². The zero-order valence-electron chi connectivity index (χ0n) is 11.8. The lowest BCUT2D eigenvalue weighted by molar-refractivity contribution is -0.0736. The van der Waals surface area contributed by atoms with Crippen LogP contribution in [-0.4, -0.2) is 42.4 Å². The number of benzene rings is 1. The van der Waals surface area contributed by atoms with Gasteiger partial charge in [0.15, 0.2) is 0 Å². The Morgan fingerprint density at radius 2 is 2.30 bits per heavy atom. The summed E-state index contributed by atoms with van der Waals surface area (Å²) in [4.78, 5) is 2.51. The molecule has 3 unspecified atom stereocenters. The normalized spacial score (nSPS) is 38.4. The fraction of sp³-hybridized carbons (Fsp3) is 0.625. The summed E-state index contributed by atoms with van der Waals surface area (Å²) >= 11 is 0. The van der Waals surface area contributed by atoms with E-state index in [4.69, 9.17) is 9.47 Å². The number of nitrogens with zero attached hydrogens (tertiary/aromatic N) is 1. The molecule has 1 aromatic rings. The molecule has 3 aliphatic heterocycles. The Morgan fingerprint density at radius 3 is 3.15 bits per heavy atom. The average molecular weight is 275 g/mol. The van der Waals surface area contributed by atoms with Gasteiger partial charge >= 0.3 is 0 Å². The molecule has 4 atom stereocenters. The topological polar surface area (TPSA) is 41.9 Å². The summed E-state index contributed by atoms with van der Waals surface area (Å²) in [7, 11) is 1.65. The third-order valence-electron chi connectivity index (χ3n) is 5.30. The van der Waals surface area contributed by atoms with E-state index in [1.54, 1.807) is 7.11 Å². The van der Waals surface area contributed by atoms with Crippen LogP contribution in [-0.2, 0) is 0 Å². The highest BCUT2D eigenvalue weighted by Gasteiger charge is 2.51. The second-order valence-electron chi connectivity index (χ2n) is 6.33. The summed E-state index contributed by atoms with van der Waals surface area (Å²) in [6.07, 6.45) is 2.49. The van der Waals surface area contributed by atoms with Crippen molar-refractivity contribution in [3.8, 4) is 11.5 Å². The molecule has 2 saturated heterocycles. The van der Waals surface area contributed by atoms with Crippen molar-refractivity contribution in [2.24, 2.45) is 5.92 Å². The molecule has 2 bridgehead atoms. The van der Waals surface area contributed by atoms with Gasteiger partial charge < -0.3 is 19.5 Å². The van der Waals surface area contributed by atoms with E-state index in [0.717, 1.165) is 36.6 Å². The molecule has 20 heavy (non-hydrogen) atoms. The van der Waals surface area contributed by atoms with Crippen LogP contribution in [0.5, 0.6) is 11.5 Å². The quantitative estimate of drug-likeness (QED) is 0.851. The fourth-order valence-corrected chi connectivity index (χ4v) is 4.12. The Balaban J connectivity index is 1.70. The van der Waals surface area contributed by atoms with Gasteiger partial charge in [-0.15, -0.1) is 0 Å². The minimum atomic E-state index is -0.444. The SMILES string of the molecule is COc1ccc2c(c1)[C@H](O)CC1(CCN3CCC1C3)O2. The van der Waals surface area contributed by atoms with Crippen LogP contribution >= 0.6 is 0 Å². The molecule has 3 heterocycles. The highest BCUT2D eigenvalue weighted by atomic mass is 16.5. The van der Waals surface area contributed by atoms with Crippen LogP contribution < -0.4 is 9.47 Å². The number of ether oxygens (including phenoxy) is 2. The van der Waals surface area contributed by atoms with Crippen molar-refractivity contribution in [1.29, 1.82) is 0 Å². The van der Waals surface area contributed by atoms with Gasteiger partial charge in [0.25, 0.3) is 0 Å². The van der Waals surface area contributed by atoms with Gasteiger partial charge in [-0.2, -0.15) is 0 Å². The molecule has 1 N–H and O–H groups in total. The first kappa shape index (κ1) is 12.5. The molecule has 2 fully saturated rings. The van der Waals surface area contributed by atoms with Crippen LogP contribution in [0.2, 0.25) is 0 Å². The summed E-state index contributed by atoms with van der Waals surface area (Å²) < 4.78 is 11.7. The number of hydrogen-bond donors (Lipinski definition) is 1. The van der Waals surface area contributed by atoms with E-state index in [9.17, 15) is 5.11 Å². The molecule has 0 amide bonds. The average Bonchev–Trinajstić information content (AvgIpc) is 2.89. The number of aliphatic hydroxyl groups excluding tert-OH is 1. The molecular formula is C16H21NO3. The molecule has 1 spiro atoms. The lowest BCUT2D eigenvalue weighted by Crippen LogP contribution is -2.53. The van der Waals surface area contributed by atoms with Gasteiger partial charge in [-0.1, -0.05) is 0 Å². The van der Waals surface area contributed by atoms with Crippen molar-refractivity contribution in [2.75, 3.05) is 26.7 Å². The second kappa shape index (κ2) is 4.37. The van der Waals surface area contributed by atoms with E-state index >= 15 is 0 Å². The van der Waals surface area contributed by atoms with Crippen molar-refractivity contribution in [2.45, 2.75) is 31.0 Å². The number of piperidine rings is 1. The third-order valence-corrected chi connectivity index (χ3v) is 5.30. The van der Waals surface area contributed by atoms with E-state index in [1.807, 2.05) is 18.2 Å². The lowest BCUT2D eigenvalue weighted by atomic mass is 9.75. The summed E-state index contributed by atoms with van der Waals surface area (Å²) in [5.74, 6) is 2.17. The maximum atomic E-state index is 10.6. The molecule has 1 aromatic carbocycles. The van der Waals surface area contributed by atoms with Gasteiger partial charge in [0.2, 0.25) is 0 Å². The maximum absolute atomic E-state index is 10.6. The van der Waals surface area contributed by atoms with Crippen molar-refractivity contribution in [3.05, 3.63) is 23.8 Å². The van der Waals surface area contributed by atoms with Crippen LogP contribution in [0.15, 0.2) is 18.2 Å². The Hall–Kier alpha value is -1.26. The number of rotatable bonds is 1. The van der Waals surface area contributed by atoms with E-state index in [0.29, 0.717) is 12.3 Å². The van der Waals surface area contributed by atoms with E-state index in [1.165, 1.54) is 13.0 Å². The minimum absolute atomic E-state index is 0.159. The van der Waals surface area contributed by atoms with Gasteiger partial charge in [0.1, 0.15) is 17.1 Å². The van der Waals surface area contributed by atoms with Gasteiger partial charge in [-0.3, -0.25) is 0 Å². The Bertz CT molecular complexity index is 532. The Morgan fingerprint density at radius 1 is 1.40 bits per heavy atom. The number of methoxy groups -OCH3 is 1. The standard InChI is InChI=1S/C16H21NO3/c1-19-12-2-3-15-13(8-12)14(18)9-16(20-15)5-7-17-6-4-11(16)10-17/h2-3,8,11,14,18H,4-7,9-10H2,1H3/t11?,14-,16?/m1/s1. The summed E-state index contributed by atoms with van der Waals surface area (Å²) in [6.45, 7) is 3.40. The smallest absolute Gasteiger partial charge is 0.126 e. The molecule has 108 valence electrons. The molecule has 4 heteroatoms. The van der Waals surface area contributed by atoms with Gasteiger partial charge in [-0.05, 0) is 31.2 Å². The highest BCUT2D eigenvalue weighted by molar-refractivity contribution is 5.44. The molecule has 0 aromatic heterocycles. The van der Waals surface area contributed by atoms with Crippen molar-refractivity contribution in [1.82, 2.24) is 4.90 Å². The van der Waals surface area contributed by atoms with Gasteiger partial charge in [0, 0.05) is 37.4 Å². The monoisotopic (exact) mass is 275 g/mol. The van der Waals surface area contributed by atoms with Gasteiger partial charge in [0.05, 0.1) is 13.2 Å². The Kier molecular flexibility index (Phi) is 2.72. The molecule has 0 saturated carbocycles. The minimum Gasteiger partial charge on any atom is -0.497 e. The van der Waals surface area contributed by atoms with Crippen LogP contribution in [0.1, 0.15) is 30.9 Å². The van der Waals surface area contributed by atoms with E-state index < -0.39 is 6.10 Å². The second-order valence-corrected chi connectivity index (χ2v) is 6.33. The lowest BCUT2D eigenvalue weighted by Gasteiger charge is -2.47. The zero-order chi connectivity index (χ0) is 13.7. The highest BCUT2D eigenvalue weighted by Crippen LogP contribution is 2.49. The number of fused-ring (bicyclic) bond motifs is 4. The molecule has 0 aliphatic carbocycles. The Labute approximate surface area is 119 Å². The molecule has 4 nitrogen and oxygen atoms in total. The largest absolute Gasteiger partial charge is 0.497 e. The molecule has 4 rings (SSSR count). The first-order chi connectivity index (χ1) is 9.70. The van der Waals surface area contributed by atoms with E-state index in [2.05, 4.69) is 4.90 Å². The zero-order valence-corrected chi connectivity index (χ0v) is 11.8. The fourth-order valence-electron chi connectivity index (χ4n) is 4.12. The molecular weight excluding hydrogens is 254 g/mol. The first-order valence-corrected chi connectivity index (χ1v) is 7.47. The number of aliphatic hydroxyl groups is 1. The summed E-state index contributed by atoms with van der Waals surface area (Å²) in [5.41, 5.74) is 0.712. The predicted molar refractivity (Wildman–Crippen MR) is 75.1 cm³/mol. The first-order valence-electron chi connectivity index (χ1n) is 7.47. The summed E-state index contributed by atoms with van der Waals surface area (Å²) in [5, 5.41) is 10.6. The van der Waals surface area contributed by atoms with Gasteiger partial charge in [-0.25, -0.2) is 0 Å². The maximum Gasteiger partial charge on any atom is 0.126 e. The van der Waals surface area contributed by atoms with Crippen LogP contribution in [0.3, 0.4) is 0 Å². The third kappa shape index (κ3) is 1.75. The van der Waals surface area contributed by atoms with E-state index in [-0.39, 0.29) is 5.60 Å². The molecule has 3 aliphatic rings. The van der Waals surface area contributed by atoms with Crippen LogP contribution in [0, 0.1) is 5.92 Å². The van der Waals surface area contributed by atoms with Crippen LogP contribution in [0.25, 0.3) is 0 Å². The van der Waals surface area contributed by atoms with Crippen LogP contribution in [0.4, 0.5) is 0 Å². The van der Waals surface area contributed by atoms with Crippen molar-refractivity contribution in [3.63, 3.8) is 0 Å². The summed E-state index contributed by atoms with van der Waals surface area (Å²) in [6, 6.07) is 5.75. The molecule has 0 radical (unpaired) electrons. The van der Waals surface area contributed by atoms with Crippen molar-refractivity contribution >= 4 is 0 Å². The predicted octanol–water partition coefficient (Wildman–Crippen LogP) is 1.98.